The van der Waals surface area contributed by atoms with Crippen molar-refractivity contribution in [2.75, 3.05) is 25.6 Å². The molecule has 0 unspecified atom stereocenters. The number of hydrogen-bond acceptors (Lipinski definition) is 5. The summed E-state index contributed by atoms with van der Waals surface area (Å²) < 4.78 is 5.24. The second-order valence-corrected chi connectivity index (χ2v) is 3.93. The van der Waals surface area contributed by atoms with E-state index in [9.17, 15) is 4.79 Å². The highest BCUT2D eigenvalue weighted by Crippen LogP contribution is 2.27. The van der Waals surface area contributed by atoms with E-state index in [-0.39, 0.29) is 6.54 Å². The SMILES string of the molecule is COc1ccccc1-c1nc(N(C)CC(=O)O)n[nH]1. The molecule has 2 N–H and O–H groups in total. The molecule has 0 saturated carbocycles. The van der Waals surface area contributed by atoms with Crippen molar-refractivity contribution in [3.05, 3.63) is 24.3 Å². The smallest absolute Gasteiger partial charge is 0.323 e. The van der Waals surface area contributed by atoms with E-state index >= 15 is 0 Å². The highest BCUT2D eigenvalue weighted by molar-refractivity contribution is 5.73. The third-order valence-electron chi connectivity index (χ3n) is 2.55. The number of aromatic amines is 1. The van der Waals surface area contributed by atoms with Crippen LogP contribution in [0.15, 0.2) is 24.3 Å². The second-order valence-electron chi connectivity index (χ2n) is 3.93. The van der Waals surface area contributed by atoms with Crippen molar-refractivity contribution < 1.29 is 14.6 Å². The Morgan fingerprint density at radius 3 is 2.89 bits per heavy atom. The van der Waals surface area contributed by atoms with Gasteiger partial charge in [0.1, 0.15) is 12.3 Å². The summed E-state index contributed by atoms with van der Waals surface area (Å²) in [5.74, 6) is 0.588. The molecule has 0 aliphatic heterocycles. The van der Waals surface area contributed by atoms with E-state index in [1.165, 1.54) is 4.90 Å². The van der Waals surface area contributed by atoms with E-state index in [0.717, 1.165) is 5.56 Å². The molecule has 0 bridgehead atoms. The predicted octanol–water partition coefficient (Wildman–Crippen LogP) is 1.00. The van der Waals surface area contributed by atoms with E-state index in [0.29, 0.717) is 17.5 Å². The number of ether oxygens (including phenoxy) is 1. The van der Waals surface area contributed by atoms with Crippen LogP contribution in [0.25, 0.3) is 11.4 Å². The van der Waals surface area contributed by atoms with Crippen LogP contribution in [0.5, 0.6) is 5.75 Å². The number of rotatable bonds is 5. The van der Waals surface area contributed by atoms with Crippen LogP contribution in [-0.4, -0.2) is 47.0 Å². The standard InChI is InChI=1S/C12H14N4O3/c1-16(7-10(17)18)12-13-11(14-15-12)8-5-3-4-6-9(8)19-2/h3-6H,7H2,1-2H3,(H,17,18)(H,13,14,15). The number of benzene rings is 1. The van der Waals surface area contributed by atoms with Crippen LogP contribution in [0.2, 0.25) is 0 Å². The number of hydrogen-bond donors (Lipinski definition) is 2. The van der Waals surface area contributed by atoms with Crippen LogP contribution in [0.3, 0.4) is 0 Å². The molecule has 0 radical (unpaired) electrons. The van der Waals surface area contributed by atoms with Gasteiger partial charge in [-0.2, -0.15) is 4.98 Å². The van der Waals surface area contributed by atoms with Gasteiger partial charge in [-0.05, 0) is 12.1 Å². The number of nitrogens with zero attached hydrogens (tertiary/aromatic N) is 3. The zero-order chi connectivity index (χ0) is 13.8. The van der Waals surface area contributed by atoms with Gasteiger partial charge in [-0.1, -0.05) is 12.1 Å². The minimum absolute atomic E-state index is 0.163. The average Bonchev–Trinajstić information content (AvgIpc) is 2.87. The van der Waals surface area contributed by atoms with Gasteiger partial charge in [-0.15, -0.1) is 5.10 Å². The lowest BCUT2D eigenvalue weighted by Crippen LogP contribution is -2.26. The number of methoxy groups -OCH3 is 1. The highest BCUT2D eigenvalue weighted by atomic mass is 16.5. The molecule has 7 nitrogen and oxygen atoms in total. The van der Waals surface area contributed by atoms with Crippen LogP contribution < -0.4 is 9.64 Å². The van der Waals surface area contributed by atoms with E-state index in [1.54, 1.807) is 14.2 Å². The number of carboxylic acid groups (broad SMARTS) is 1. The zero-order valence-electron chi connectivity index (χ0n) is 10.6. The molecule has 0 fully saturated rings. The number of aliphatic carboxylic acids is 1. The van der Waals surface area contributed by atoms with Crippen molar-refractivity contribution in [1.29, 1.82) is 0 Å². The lowest BCUT2D eigenvalue weighted by atomic mass is 10.2. The van der Waals surface area contributed by atoms with Gasteiger partial charge < -0.3 is 14.7 Å². The van der Waals surface area contributed by atoms with Gasteiger partial charge in [0.2, 0.25) is 5.95 Å². The second kappa shape index (κ2) is 5.38. The molecule has 0 saturated heterocycles. The Morgan fingerprint density at radius 1 is 1.47 bits per heavy atom. The van der Waals surface area contributed by atoms with Gasteiger partial charge in [0.25, 0.3) is 0 Å². The number of nitrogens with one attached hydrogen (secondary N) is 1. The minimum Gasteiger partial charge on any atom is -0.496 e. The highest BCUT2D eigenvalue weighted by Gasteiger charge is 2.14. The number of likely N-dealkylation sites (N-methyl/N-ethyl adjacent to an activating group) is 1. The lowest BCUT2D eigenvalue weighted by Gasteiger charge is -2.10. The molecule has 1 aromatic heterocycles. The van der Waals surface area contributed by atoms with E-state index in [4.69, 9.17) is 9.84 Å². The summed E-state index contributed by atoms with van der Waals surface area (Å²) in [6.07, 6.45) is 0. The molecule has 0 amide bonds. The molecule has 100 valence electrons. The molecule has 2 aromatic rings. The number of carbonyl (C=O) groups is 1. The molecule has 0 aliphatic carbocycles. The first kappa shape index (κ1) is 12.9. The third-order valence-corrected chi connectivity index (χ3v) is 2.55. The van der Waals surface area contributed by atoms with Gasteiger partial charge in [0.05, 0.1) is 12.7 Å². The van der Waals surface area contributed by atoms with Crippen molar-refractivity contribution in [3.63, 3.8) is 0 Å². The van der Waals surface area contributed by atoms with Crippen molar-refractivity contribution in [2.24, 2.45) is 0 Å². The summed E-state index contributed by atoms with van der Waals surface area (Å²) >= 11 is 0. The first-order valence-corrected chi connectivity index (χ1v) is 5.60. The number of carboxylic acids is 1. The fourth-order valence-corrected chi connectivity index (χ4v) is 1.66. The topological polar surface area (TPSA) is 91.3 Å². The number of H-pyrrole nitrogens is 1. The van der Waals surface area contributed by atoms with Gasteiger partial charge >= 0.3 is 5.97 Å². The maximum atomic E-state index is 10.6. The van der Waals surface area contributed by atoms with Crippen LogP contribution in [0, 0.1) is 0 Å². The van der Waals surface area contributed by atoms with Crippen molar-refractivity contribution >= 4 is 11.9 Å². The number of para-hydroxylation sites is 1. The van der Waals surface area contributed by atoms with Crippen LogP contribution in [-0.2, 0) is 4.79 Å². The van der Waals surface area contributed by atoms with Gasteiger partial charge in [0.15, 0.2) is 5.82 Å². The summed E-state index contributed by atoms with van der Waals surface area (Å²) in [4.78, 5) is 16.3. The number of anilines is 1. The predicted molar refractivity (Wildman–Crippen MR) is 69.3 cm³/mol. The maximum absolute atomic E-state index is 10.6. The summed E-state index contributed by atoms with van der Waals surface area (Å²) in [6, 6.07) is 7.38. The van der Waals surface area contributed by atoms with E-state index < -0.39 is 5.97 Å². The molecule has 0 atom stereocenters. The molecule has 0 aliphatic rings. The maximum Gasteiger partial charge on any atom is 0.323 e. The van der Waals surface area contributed by atoms with Crippen molar-refractivity contribution in [3.8, 4) is 17.1 Å². The molecule has 7 heteroatoms. The third kappa shape index (κ3) is 2.82. The largest absolute Gasteiger partial charge is 0.496 e. The molecule has 2 rings (SSSR count). The Kier molecular flexibility index (Phi) is 3.65. The molecule has 19 heavy (non-hydrogen) atoms. The summed E-state index contributed by atoms with van der Waals surface area (Å²) in [7, 11) is 3.19. The van der Waals surface area contributed by atoms with Crippen molar-refractivity contribution in [1.82, 2.24) is 15.2 Å². The quantitative estimate of drug-likeness (QED) is 0.835. The van der Waals surface area contributed by atoms with E-state index in [1.807, 2.05) is 24.3 Å². The van der Waals surface area contributed by atoms with Gasteiger partial charge in [0, 0.05) is 7.05 Å². The normalized spacial score (nSPS) is 10.2. The average molecular weight is 262 g/mol. The Bertz CT molecular complexity index is 582. The minimum atomic E-state index is -0.939. The molecular weight excluding hydrogens is 248 g/mol. The fraction of sp³-hybridized carbons (Fsp3) is 0.250. The Balaban J connectivity index is 2.28. The van der Waals surface area contributed by atoms with Gasteiger partial charge in [-0.25, -0.2) is 0 Å². The summed E-state index contributed by atoms with van der Waals surface area (Å²) in [6.45, 7) is -0.163. The fourth-order valence-electron chi connectivity index (χ4n) is 1.66. The van der Waals surface area contributed by atoms with E-state index in [2.05, 4.69) is 15.2 Å². The van der Waals surface area contributed by atoms with Gasteiger partial charge in [-0.3, -0.25) is 9.89 Å². The Hall–Kier alpha value is -2.57. The van der Waals surface area contributed by atoms with Crippen molar-refractivity contribution in [2.45, 2.75) is 0 Å². The molecule has 1 heterocycles. The molecule has 0 spiro atoms. The summed E-state index contributed by atoms with van der Waals surface area (Å²) in [5, 5.41) is 15.5. The summed E-state index contributed by atoms with van der Waals surface area (Å²) in [5.41, 5.74) is 0.771. The van der Waals surface area contributed by atoms with Crippen LogP contribution in [0.1, 0.15) is 0 Å². The lowest BCUT2D eigenvalue weighted by molar-refractivity contribution is -0.135. The Morgan fingerprint density at radius 2 is 2.21 bits per heavy atom. The van der Waals surface area contributed by atoms with Crippen LogP contribution >= 0.6 is 0 Å². The monoisotopic (exact) mass is 262 g/mol. The van der Waals surface area contributed by atoms with Crippen LogP contribution in [0.4, 0.5) is 5.95 Å². The first-order chi connectivity index (χ1) is 9.11. The molecule has 1 aromatic carbocycles. The number of aromatic nitrogens is 3. The Labute approximate surface area is 109 Å². The zero-order valence-corrected chi connectivity index (χ0v) is 10.6. The first-order valence-electron chi connectivity index (χ1n) is 5.60. The molecular formula is C12H14N4O3.